The Morgan fingerprint density at radius 2 is 0.965 bits per heavy atom. The van der Waals surface area contributed by atoms with E-state index in [1.165, 1.54) is 47.4 Å². The first kappa shape index (κ1) is 106. The minimum absolute atomic E-state index is 0.0208. The van der Waals surface area contributed by atoms with Crippen LogP contribution in [-0.4, -0.2) is 275 Å². The van der Waals surface area contributed by atoms with Crippen molar-refractivity contribution in [3.63, 3.8) is 0 Å². The Morgan fingerprint density at radius 3 is 1.37 bits per heavy atom. The van der Waals surface area contributed by atoms with Gasteiger partial charge in [-0.05, 0) is 127 Å². The topological polar surface area (TPSA) is 719 Å². The Hall–Kier alpha value is -14.9. The minimum atomic E-state index is -2.73. The number of para-hydroxylation sites is 5. The highest BCUT2D eigenvalue weighted by Gasteiger charge is 2.45. The Kier molecular flexibility index (Phi) is 38.6. The van der Waals surface area contributed by atoms with E-state index in [4.69, 9.17) is 61.0 Å². The molecule has 0 saturated heterocycles. The Bertz CT molecular complexity index is 6270. The zero-order chi connectivity index (χ0) is 102. The third kappa shape index (κ3) is 29.1. The van der Waals surface area contributed by atoms with Crippen molar-refractivity contribution in [2.45, 2.75) is 141 Å². The van der Waals surface area contributed by atoms with Crippen molar-refractivity contribution in [1.29, 1.82) is 0 Å². The number of fused-ring (bicyclic) bond motifs is 5. The third-order valence-corrected chi connectivity index (χ3v) is 22.8. The molecule has 0 fully saturated rings. The second-order valence-corrected chi connectivity index (χ2v) is 33.5. The molecular weight excluding hydrogens is 1900 g/mol. The second kappa shape index (κ2) is 51.1. The minimum Gasteiger partial charge on any atom is -0.536 e. The molecule has 0 spiro atoms. The van der Waals surface area contributed by atoms with Gasteiger partial charge in [-0.3, -0.25) is 33.6 Å². The standard InChI is InChI=1S/C17H18BF2N3O4S.C17H19BFN3O4S.C17H17BN4O8.2C16H19BN6O5/c1-9-3-2-4-10-5-11(18(25)27-16(9)10)6-13(24)15(23-26-7-14(19)20)12-8-28-17(21)22-12;1-10-3-2-4-11-7-12(18(24)26-16(10)11)8-14(23)15(22-25-6-5-19)13-9-27-17(20)21-13;23-14(13(21-29-7-15(24)25)6-22-9-19-8-20-22)5-11-4-10-2-1-3-12(17(26)27)16(10)30-18(11)28;1-9(24)12-4-2-3-10-7-11(17(26)28-15(10)12)8-13(25)14(21-27-6-5-18)16-19-22-23-20-16;1-9(24)12-4-2-3-10-7-11(17(26)28-15(10)12)8-13(25)14(21-27)16-19-22-23(20-16)6-5-18/h2-4,8,11,14,25H,5-7H2,1H3,(H2,21,22);2-4,9,12,24H,5-8H2,1H3,(H2,20,21);1-3,8-9,11,28H,4-7H2,(H,24,25)(H,26,27);2-4,11,26H,5-8,18H2,1H3,(H,19,20,22,23);2-4,11,26-27H,5-8,18H2,1H3/b23-15-;22-15-;21-13-;;/t11-;12-;3*11-/m11111/s1. The number of aliphatic carboxylic acids is 1. The first-order valence-corrected chi connectivity index (χ1v) is 44.8. The van der Waals surface area contributed by atoms with Crippen molar-refractivity contribution in [2.75, 3.05) is 57.7 Å². The number of tetrazole rings is 2. The summed E-state index contributed by atoms with van der Waals surface area (Å²) in [7, 11) is -6.25. The van der Waals surface area contributed by atoms with Gasteiger partial charge in [0.25, 0.3) is 6.43 Å². The molecule has 5 aromatic carbocycles. The number of thiazole rings is 2. The maximum Gasteiger partial charge on any atom is 0.526 e. The molecule has 15 rings (SSSR count). The Balaban J connectivity index is 0.000000169. The average molecular weight is 1990 g/mol. The smallest absolute Gasteiger partial charge is 0.526 e. The molecule has 5 aliphatic rings. The highest BCUT2D eigenvalue weighted by molar-refractivity contribution is 7.14. The molecule has 5 atom stereocenters. The summed E-state index contributed by atoms with van der Waals surface area (Å²) in [5.74, 6) is -6.16. The van der Waals surface area contributed by atoms with Crippen LogP contribution in [0.15, 0.2) is 140 Å². The van der Waals surface area contributed by atoms with Crippen molar-refractivity contribution >= 4 is 150 Å². The second-order valence-electron chi connectivity index (χ2n) is 31.7. The number of nitrogens with one attached hydrogen (secondary N) is 1. The van der Waals surface area contributed by atoms with Gasteiger partial charge < -0.3 is 106 Å². The number of nitrogen functional groups attached to an aromatic ring is 2. The molecule has 5 aromatic heterocycles. The summed E-state index contributed by atoms with van der Waals surface area (Å²) in [4.78, 5) is 141. The lowest BCUT2D eigenvalue weighted by Crippen LogP contribution is -2.37. The van der Waals surface area contributed by atoms with Crippen molar-refractivity contribution in [3.05, 3.63) is 193 Å². The van der Waals surface area contributed by atoms with Gasteiger partial charge in [0.05, 0.1) is 29.8 Å². The number of aromatic carboxylic acids is 1. The number of ketones is 7. The van der Waals surface area contributed by atoms with E-state index in [0.29, 0.717) is 77.5 Å². The van der Waals surface area contributed by atoms with E-state index >= 15 is 0 Å². The fourth-order valence-electron chi connectivity index (χ4n) is 14.8. The molecule has 0 aliphatic carbocycles. The molecular formula is C83H92B5F3N22O26S2. The molecule has 0 amide bonds. The lowest BCUT2D eigenvalue weighted by Gasteiger charge is -2.28. The zero-order valence-corrected chi connectivity index (χ0v) is 77.2. The molecule has 0 radical (unpaired) electrons. The van der Waals surface area contributed by atoms with Crippen LogP contribution in [0, 0.1) is 13.8 Å². The number of nitrogens with zero attached hydrogens (tertiary/aromatic N) is 17. The first-order valence-electron chi connectivity index (χ1n) is 43.1. The number of hydrogen-bond acceptors (Lipinski definition) is 45. The van der Waals surface area contributed by atoms with Gasteiger partial charge in [0, 0.05) is 85.0 Å². The number of rotatable bonds is 38. The maximum atomic E-state index is 12.8. The van der Waals surface area contributed by atoms with Crippen LogP contribution in [0.2, 0.25) is 29.1 Å². The number of carboxylic acid groups (broad SMARTS) is 2. The number of carbonyl (C=O) groups is 9. The number of anilines is 2. The SMILES string of the molecule is CC(=O)c1cccc2c1OB(O)[C@@H](CC(=O)C(=NO)c1nnn(CCN)n1)C2.CC(=O)c1cccc2c1OB(O)[C@@H](CC(=O)C(=NOCCN)c1nn[nH]n1)C2.Cc1cccc2c1OB(O)[C@@H](CC(=O)/C(=N\OCC(F)F)c1csc(N)n1)C2.Cc1cccc2c1OB(O)[C@@H](CC(=O)/C(=N\OCCF)c1csc(N)n1)C2.O=C(O)CO/N=C(/Cn1cncn1)C(=O)C[C@H]1Cc2cccc(C(=O)O)c2OB1O. The number of nitrogens with two attached hydrogens (primary N) is 4. The Morgan fingerprint density at radius 1 is 0.539 bits per heavy atom. The van der Waals surface area contributed by atoms with Crippen LogP contribution >= 0.6 is 22.7 Å². The number of alkyl halides is 3. The van der Waals surface area contributed by atoms with Gasteiger partial charge >= 0.3 is 47.5 Å². The van der Waals surface area contributed by atoms with Gasteiger partial charge in [-0.2, -0.15) is 15.1 Å². The van der Waals surface area contributed by atoms with Gasteiger partial charge in [0.1, 0.15) is 78.4 Å². The predicted molar refractivity (Wildman–Crippen MR) is 499 cm³/mol. The van der Waals surface area contributed by atoms with E-state index in [1.807, 2.05) is 50.2 Å². The molecule has 0 bridgehead atoms. The number of benzene rings is 5. The fraction of sp³-hybridized carbons (Fsp3) is 0.349. The molecule has 58 heteroatoms. The van der Waals surface area contributed by atoms with Crippen molar-refractivity contribution in [2.24, 2.45) is 37.2 Å². The average Bonchev–Trinajstić information content (AvgIpc) is 1.62. The molecule has 141 heavy (non-hydrogen) atoms. The zero-order valence-electron chi connectivity index (χ0n) is 75.5. The van der Waals surface area contributed by atoms with E-state index in [0.717, 1.165) is 50.5 Å². The number of halogens is 3. The molecule has 48 nitrogen and oxygen atoms in total. The summed E-state index contributed by atoms with van der Waals surface area (Å²) in [6, 6.07) is 26.2. The number of H-pyrrole nitrogens is 1. The molecule has 10 aromatic rings. The Labute approximate surface area is 807 Å². The molecule has 0 unspecified atom stereocenters. The highest BCUT2D eigenvalue weighted by atomic mass is 32.1. The number of Topliss-reactive ketones (excluding diaryl/α,β-unsaturated/α-hetero) is 7. The van der Waals surface area contributed by atoms with Crippen LogP contribution in [0.4, 0.5) is 23.4 Å². The fourth-order valence-corrected chi connectivity index (χ4v) is 15.9. The number of aromatic nitrogens is 13. The number of carboxylic acids is 2. The summed E-state index contributed by atoms with van der Waals surface area (Å²) >= 11 is 2.24. The maximum absolute atomic E-state index is 12.8. The summed E-state index contributed by atoms with van der Waals surface area (Å²) in [6.07, 6.45) is 1.06. The van der Waals surface area contributed by atoms with Crippen molar-refractivity contribution in [1.82, 2.24) is 65.6 Å². The molecule has 0 saturated carbocycles. The first-order chi connectivity index (χ1) is 67.6. The summed E-state index contributed by atoms with van der Waals surface area (Å²) < 4.78 is 65.9. The van der Waals surface area contributed by atoms with Gasteiger partial charge in [-0.25, -0.2) is 42.4 Å². The summed E-state index contributed by atoms with van der Waals surface area (Å²) in [5.41, 5.74) is 27.9. The number of aryl methyl sites for hydroxylation is 2. The van der Waals surface area contributed by atoms with Crippen LogP contribution in [0.3, 0.4) is 0 Å². The predicted octanol–water partition coefficient (Wildman–Crippen LogP) is 3.50. The highest BCUT2D eigenvalue weighted by Crippen LogP contribution is 2.42. The van der Waals surface area contributed by atoms with Crippen LogP contribution in [0.25, 0.3) is 0 Å². The summed E-state index contributed by atoms with van der Waals surface area (Å²) in [6.45, 7) is 4.75. The normalized spacial score (nSPS) is 16.4. The summed E-state index contributed by atoms with van der Waals surface area (Å²) in [5, 5.41) is 128. The third-order valence-electron chi connectivity index (χ3n) is 21.5. The molecule has 10 heterocycles. The van der Waals surface area contributed by atoms with Crippen LogP contribution < -0.4 is 46.2 Å². The van der Waals surface area contributed by atoms with Crippen LogP contribution in [-0.2, 0) is 93.3 Å². The van der Waals surface area contributed by atoms with Gasteiger partial charge in [-0.15, -0.1) is 43.1 Å². The number of oxime groups is 5. The van der Waals surface area contributed by atoms with Crippen molar-refractivity contribution in [3.8, 4) is 28.7 Å². The number of hydrogen-bond donors (Lipinski definition) is 13. The van der Waals surface area contributed by atoms with Crippen molar-refractivity contribution < 1.29 is 139 Å². The van der Waals surface area contributed by atoms with E-state index in [-0.39, 0.29) is 162 Å². The van der Waals surface area contributed by atoms with E-state index < -0.39 is 126 Å². The molecule has 17 N–H and O–H groups in total. The van der Waals surface area contributed by atoms with Gasteiger partial charge in [0.15, 0.2) is 80.2 Å². The van der Waals surface area contributed by atoms with Crippen LogP contribution in [0.1, 0.15) is 139 Å². The van der Waals surface area contributed by atoms with E-state index in [2.05, 4.69) is 91.5 Å². The van der Waals surface area contributed by atoms with E-state index in [1.54, 1.807) is 53.9 Å². The van der Waals surface area contributed by atoms with Crippen LogP contribution in [0.5, 0.6) is 28.7 Å². The largest absolute Gasteiger partial charge is 0.536 e. The monoisotopic (exact) mass is 1990 g/mol. The molecule has 5 aliphatic heterocycles. The van der Waals surface area contributed by atoms with Gasteiger partial charge in [-0.1, -0.05) is 98.6 Å². The number of carbonyl (C=O) groups excluding carboxylic acids is 7. The molecule has 738 valence electrons. The van der Waals surface area contributed by atoms with E-state index in [9.17, 15) is 91.8 Å². The lowest BCUT2D eigenvalue weighted by molar-refractivity contribution is -0.142. The van der Waals surface area contributed by atoms with Gasteiger partial charge in [0.2, 0.25) is 18.3 Å². The quantitative estimate of drug-likeness (QED) is 0.00657. The number of aromatic amines is 1. The lowest BCUT2D eigenvalue weighted by atomic mass is 9.64.